The maximum atomic E-state index is 6.04. The summed E-state index contributed by atoms with van der Waals surface area (Å²) >= 11 is 0.296. The summed E-state index contributed by atoms with van der Waals surface area (Å²) in [5, 5.41) is 0. The van der Waals surface area contributed by atoms with Crippen LogP contribution >= 0.6 is 0 Å². The molecule has 2 aromatic carbocycles. The van der Waals surface area contributed by atoms with E-state index in [1.165, 1.54) is 11.1 Å². The van der Waals surface area contributed by atoms with Gasteiger partial charge in [0.05, 0.1) is 0 Å². The van der Waals surface area contributed by atoms with Gasteiger partial charge >= 0.3 is 152 Å². The Bertz CT molecular complexity index is 531. The van der Waals surface area contributed by atoms with Crippen molar-refractivity contribution in [2.75, 3.05) is 14.2 Å². The second-order valence-electron chi connectivity index (χ2n) is 5.09. The first-order valence-corrected chi connectivity index (χ1v) is 10.8. The SMILES string of the molecule is COc1ccc(C(C)[Se]O[Se]C(C)c2ccc(OC)cc2)cc1. The molecular formula is C18H22O3Se2. The Morgan fingerprint density at radius 1 is 0.652 bits per heavy atom. The molecular weight excluding hydrogens is 422 g/mol. The van der Waals surface area contributed by atoms with E-state index in [-0.39, 0.29) is 30.6 Å². The van der Waals surface area contributed by atoms with Gasteiger partial charge in [-0.3, -0.25) is 0 Å². The molecule has 23 heavy (non-hydrogen) atoms. The summed E-state index contributed by atoms with van der Waals surface area (Å²) in [5.74, 6) is 1.79. The van der Waals surface area contributed by atoms with Gasteiger partial charge in [-0.2, -0.15) is 0 Å². The van der Waals surface area contributed by atoms with Crippen LogP contribution in [0.2, 0.25) is 0 Å². The van der Waals surface area contributed by atoms with Crippen molar-refractivity contribution >= 4 is 30.6 Å². The normalized spacial score (nSPS) is 13.4. The van der Waals surface area contributed by atoms with E-state index >= 15 is 0 Å². The summed E-state index contributed by atoms with van der Waals surface area (Å²) in [4.78, 5) is 0.886. The van der Waals surface area contributed by atoms with Gasteiger partial charge in [0.1, 0.15) is 0 Å². The monoisotopic (exact) mass is 446 g/mol. The number of hydrogen-bond acceptors (Lipinski definition) is 3. The van der Waals surface area contributed by atoms with Crippen LogP contribution in [-0.4, -0.2) is 44.8 Å². The maximum absolute atomic E-state index is 6.04. The molecule has 0 bridgehead atoms. The molecule has 0 aliphatic heterocycles. The molecule has 5 heteroatoms. The third kappa shape index (κ3) is 5.56. The number of rotatable bonds is 8. The van der Waals surface area contributed by atoms with Crippen LogP contribution < -0.4 is 9.47 Å². The molecule has 0 aliphatic carbocycles. The average molecular weight is 444 g/mol. The summed E-state index contributed by atoms with van der Waals surface area (Å²) in [7, 11) is 3.38. The average Bonchev–Trinajstić information content (AvgIpc) is 2.61. The standard InChI is InChI=1S/C18H22O3Se2/c1-13(15-5-9-17(19-3)10-6-15)22-21-23-14(2)16-7-11-18(20-4)12-8-16/h5-14H,1-4H3. The molecule has 0 N–H and O–H groups in total. The van der Waals surface area contributed by atoms with Crippen molar-refractivity contribution in [1.82, 2.24) is 0 Å². The molecule has 2 rings (SSSR count). The fourth-order valence-electron chi connectivity index (χ4n) is 2.00. The van der Waals surface area contributed by atoms with Crippen LogP contribution in [0.1, 0.15) is 34.6 Å². The molecule has 0 spiro atoms. The van der Waals surface area contributed by atoms with Gasteiger partial charge in [-0.1, -0.05) is 0 Å². The van der Waals surface area contributed by atoms with Crippen LogP contribution in [0, 0.1) is 0 Å². The molecule has 0 amide bonds. The molecule has 0 saturated carbocycles. The van der Waals surface area contributed by atoms with Gasteiger partial charge in [0.15, 0.2) is 0 Å². The van der Waals surface area contributed by atoms with Crippen LogP contribution in [0.4, 0.5) is 0 Å². The van der Waals surface area contributed by atoms with E-state index in [0.717, 1.165) is 11.5 Å². The first-order valence-electron chi connectivity index (χ1n) is 7.40. The van der Waals surface area contributed by atoms with E-state index in [4.69, 9.17) is 12.4 Å². The zero-order valence-electron chi connectivity index (χ0n) is 13.8. The van der Waals surface area contributed by atoms with Crippen molar-refractivity contribution in [3.05, 3.63) is 59.7 Å². The van der Waals surface area contributed by atoms with Crippen LogP contribution in [0.5, 0.6) is 11.5 Å². The predicted molar refractivity (Wildman–Crippen MR) is 95.4 cm³/mol. The van der Waals surface area contributed by atoms with E-state index in [2.05, 4.69) is 38.1 Å². The molecule has 124 valence electrons. The Morgan fingerprint density at radius 3 is 1.30 bits per heavy atom. The van der Waals surface area contributed by atoms with E-state index in [9.17, 15) is 0 Å². The van der Waals surface area contributed by atoms with Crippen LogP contribution in [-0.2, 0) is 2.90 Å². The zero-order valence-corrected chi connectivity index (χ0v) is 17.2. The van der Waals surface area contributed by atoms with E-state index < -0.39 is 0 Å². The molecule has 2 aromatic rings. The molecule has 0 saturated heterocycles. The third-order valence-corrected chi connectivity index (χ3v) is 7.93. The fraction of sp³-hybridized carbons (Fsp3) is 0.333. The molecule has 0 fully saturated rings. The minimum atomic E-state index is 0.148. The quantitative estimate of drug-likeness (QED) is 0.581. The number of ether oxygens (including phenoxy) is 2. The first kappa shape index (κ1) is 18.4. The zero-order chi connectivity index (χ0) is 16.7. The van der Waals surface area contributed by atoms with E-state index in [1.807, 2.05) is 24.3 Å². The van der Waals surface area contributed by atoms with Crippen molar-refractivity contribution in [1.29, 1.82) is 0 Å². The van der Waals surface area contributed by atoms with Crippen LogP contribution in [0.3, 0.4) is 0 Å². The van der Waals surface area contributed by atoms with E-state index in [1.54, 1.807) is 14.2 Å². The van der Waals surface area contributed by atoms with Gasteiger partial charge in [-0.05, 0) is 0 Å². The summed E-state index contributed by atoms with van der Waals surface area (Å²) in [6.45, 7) is 4.44. The topological polar surface area (TPSA) is 27.7 Å². The Labute approximate surface area is 151 Å². The summed E-state index contributed by atoms with van der Waals surface area (Å²) in [6.07, 6.45) is 0. The number of benzene rings is 2. The molecule has 3 nitrogen and oxygen atoms in total. The van der Waals surface area contributed by atoms with Gasteiger partial charge in [-0.25, -0.2) is 0 Å². The van der Waals surface area contributed by atoms with Crippen molar-refractivity contribution in [2.24, 2.45) is 0 Å². The minimum absolute atomic E-state index is 0.148. The Hall–Kier alpha value is -0.961. The summed E-state index contributed by atoms with van der Waals surface area (Å²) in [6, 6.07) is 16.5. The Morgan fingerprint density at radius 2 is 1.00 bits per heavy atom. The summed E-state index contributed by atoms with van der Waals surface area (Å²) in [5.41, 5.74) is 2.61. The van der Waals surface area contributed by atoms with Crippen LogP contribution in [0.25, 0.3) is 0 Å². The molecule has 0 aromatic heterocycles. The van der Waals surface area contributed by atoms with Crippen molar-refractivity contribution in [2.45, 2.75) is 23.5 Å². The molecule has 0 radical (unpaired) electrons. The van der Waals surface area contributed by atoms with Gasteiger partial charge in [0, 0.05) is 0 Å². The predicted octanol–water partition coefficient (Wildman–Crippen LogP) is 3.78. The molecule has 2 atom stereocenters. The molecule has 0 heterocycles. The second kappa shape index (κ2) is 9.36. The van der Waals surface area contributed by atoms with Gasteiger partial charge in [0.25, 0.3) is 0 Å². The molecule has 0 aliphatic rings. The summed E-state index contributed by atoms with van der Waals surface area (Å²) < 4.78 is 16.4. The number of hydrogen-bond donors (Lipinski definition) is 0. The fourth-order valence-corrected chi connectivity index (χ4v) is 6.78. The van der Waals surface area contributed by atoms with Gasteiger partial charge in [-0.15, -0.1) is 0 Å². The van der Waals surface area contributed by atoms with Crippen LogP contribution in [0.15, 0.2) is 48.5 Å². The number of methoxy groups -OCH3 is 2. The first-order chi connectivity index (χ1) is 11.1. The second-order valence-corrected chi connectivity index (χ2v) is 10.6. The van der Waals surface area contributed by atoms with Crippen molar-refractivity contribution in [3.63, 3.8) is 0 Å². The third-order valence-electron chi connectivity index (χ3n) is 3.54. The molecule has 2 unspecified atom stereocenters. The van der Waals surface area contributed by atoms with Gasteiger partial charge in [0.2, 0.25) is 0 Å². The van der Waals surface area contributed by atoms with Gasteiger partial charge < -0.3 is 0 Å². The Kier molecular flexibility index (Phi) is 7.48. The van der Waals surface area contributed by atoms with Crippen molar-refractivity contribution in [3.8, 4) is 11.5 Å². The van der Waals surface area contributed by atoms with E-state index in [0.29, 0.717) is 9.63 Å². The van der Waals surface area contributed by atoms with Crippen molar-refractivity contribution < 1.29 is 12.4 Å². The Balaban J connectivity index is 1.80.